The predicted octanol–water partition coefficient (Wildman–Crippen LogP) is 2.22. The topological polar surface area (TPSA) is 61.4 Å². The summed E-state index contributed by atoms with van der Waals surface area (Å²) in [7, 11) is 2.00. The fourth-order valence-electron chi connectivity index (χ4n) is 2.40. The molecule has 1 aromatic carbocycles. The van der Waals surface area contributed by atoms with E-state index in [0.717, 1.165) is 28.1 Å². The third-order valence-electron chi connectivity index (χ3n) is 3.50. The average Bonchev–Trinajstić information content (AvgIpc) is 3.17. The molecule has 0 aliphatic carbocycles. The zero-order chi connectivity index (χ0) is 14.2. The highest BCUT2D eigenvalue weighted by Gasteiger charge is 2.09. The van der Waals surface area contributed by atoms with E-state index in [1.807, 2.05) is 54.3 Å². The zero-order valence-corrected chi connectivity index (χ0v) is 11.4. The second-order valence-corrected chi connectivity index (χ2v) is 4.75. The minimum Gasteiger partial charge on any atom is -0.326 e. The maximum absolute atomic E-state index is 4.66. The molecule has 102 valence electrons. The third-order valence-corrected chi connectivity index (χ3v) is 3.50. The van der Waals surface area contributed by atoms with Crippen LogP contribution in [0.5, 0.6) is 0 Å². The predicted molar refractivity (Wildman–Crippen MR) is 78.9 cm³/mol. The lowest BCUT2D eigenvalue weighted by atomic mass is 10.2. The minimum absolute atomic E-state index is 0.920. The Labute approximate surface area is 120 Å². The number of fused-ring (bicyclic) bond motifs is 1. The van der Waals surface area contributed by atoms with Gasteiger partial charge in [-0.1, -0.05) is 5.21 Å². The number of nitrogens with zero attached hydrogens (tertiary/aromatic N) is 6. The first-order chi connectivity index (χ1) is 10.3. The molecule has 4 rings (SSSR count). The molecule has 0 saturated carbocycles. The van der Waals surface area contributed by atoms with Gasteiger partial charge in [-0.3, -0.25) is 4.98 Å². The number of aryl methyl sites for hydroxylation is 1. The van der Waals surface area contributed by atoms with Gasteiger partial charge in [0.1, 0.15) is 5.82 Å². The Morgan fingerprint density at radius 2 is 1.86 bits per heavy atom. The first-order valence-electron chi connectivity index (χ1n) is 6.56. The van der Waals surface area contributed by atoms with Crippen LogP contribution in [0.3, 0.4) is 0 Å². The molecule has 3 heterocycles. The molecule has 0 spiro atoms. The van der Waals surface area contributed by atoms with Gasteiger partial charge in [0.25, 0.3) is 0 Å². The van der Waals surface area contributed by atoms with Crippen LogP contribution < -0.4 is 0 Å². The molecule has 0 aliphatic rings. The Morgan fingerprint density at radius 3 is 2.57 bits per heavy atom. The maximum atomic E-state index is 4.66. The Bertz CT molecular complexity index is 890. The number of hydrogen-bond acceptors (Lipinski definition) is 4. The van der Waals surface area contributed by atoms with Crippen LogP contribution in [0.25, 0.3) is 28.1 Å². The molecule has 0 saturated heterocycles. The van der Waals surface area contributed by atoms with E-state index in [9.17, 15) is 0 Å². The summed E-state index contributed by atoms with van der Waals surface area (Å²) in [6.07, 6.45) is 7.06. The van der Waals surface area contributed by atoms with Gasteiger partial charge >= 0.3 is 0 Å². The zero-order valence-electron chi connectivity index (χ0n) is 11.4. The van der Waals surface area contributed by atoms with Gasteiger partial charge in [0.2, 0.25) is 0 Å². The van der Waals surface area contributed by atoms with Gasteiger partial charge in [-0.05, 0) is 30.3 Å². The van der Waals surface area contributed by atoms with E-state index in [-0.39, 0.29) is 0 Å². The second kappa shape index (κ2) is 4.52. The van der Waals surface area contributed by atoms with Gasteiger partial charge in [-0.25, -0.2) is 9.67 Å². The molecule has 0 aliphatic heterocycles. The van der Waals surface area contributed by atoms with Crippen molar-refractivity contribution in [2.45, 2.75) is 0 Å². The largest absolute Gasteiger partial charge is 0.326 e. The van der Waals surface area contributed by atoms with Crippen LogP contribution in [-0.4, -0.2) is 29.5 Å². The summed E-state index contributed by atoms with van der Waals surface area (Å²) in [5.41, 5.74) is 3.99. The van der Waals surface area contributed by atoms with Gasteiger partial charge in [-0.2, -0.15) is 0 Å². The lowest BCUT2D eigenvalue weighted by Crippen LogP contribution is -1.96. The molecule has 0 fully saturated rings. The van der Waals surface area contributed by atoms with Crippen molar-refractivity contribution in [2.24, 2.45) is 7.05 Å². The minimum atomic E-state index is 0.920. The quantitative estimate of drug-likeness (QED) is 0.563. The van der Waals surface area contributed by atoms with Gasteiger partial charge in [0, 0.05) is 18.8 Å². The van der Waals surface area contributed by atoms with Crippen LogP contribution in [0.15, 0.2) is 55.1 Å². The van der Waals surface area contributed by atoms with Gasteiger partial charge in [0.15, 0.2) is 0 Å². The fourth-order valence-corrected chi connectivity index (χ4v) is 2.40. The number of rotatable bonds is 2. The van der Waals surface area contributed by atoms with Crippen molar-refractivity contribution in [3.05, 3.63) is 55.1 Å². The van der Waals surface area contributed by atoms with Crippen molar-refractivity contribution >= 4 is 11.0 Å². The van der Waals surface area contributed by atoms with Crippen molar-refractivity contribution in [1.82, 2.24) is 29.5 Å². The molecule has 0 amide bonds. The van der Waals surface area contributed by atoms with Crippen LogP contribution in [0, 0.1) is 0 Å². The first kappa shape index (κ1) is 11.8. The molecule has 0 atom stereocenters. The molecule has 0 unspecified atom stereocenters. The van der Waals surface area contributed by atoms with Gasteiger partial charge < -0.3 is 4.57 Å². The molecular weight excluding hydrogens is 264 g/mol. The van der Waals surface area contributed by atoms with Gasteiger partial charge in [0.05, 0.1) is 35.3 Å². The molecule has 6 nitrogen and oxygen atoms in total. The SMILES string of the molecule is Cn1c(-c2ccc(-n3ccnn3)cc2)nc2ccncc21. The maximum Gasteiger partial charge on any atom is 0.140 e. The third kappa shape index (κ3) is 1.88. The Hall–Kier alpha value is -3.02. The molecule has 0 N–H and O–H groups in total. The number of imidazole rings is 1. The van der Waals surface area contributed by atoms with Crippen molar-refractivity contribution in [2.75, 3.05) is 0 Å². The monoisotopic (exact) mass is 276 g/mol. The smallest absolute Gasteiger partial charge is 0.140 e. The summed E-state index contributed by atoms with van der Waals surface area (Å²) < 4.78 is 3.77. The Morgan fingerprint density at radius 1 is 1.00 bits per heavy atom. The summed E-state index contributed by atoms with van der Waals surface area (Å²) in [6, 6.07) is 9.99. The van der Waals surface area contributed by atoms with E-state index in [1.54, 1.807) is 17.1 Å². The van der Waals surface area contributed by atoms with E-state index >= 15 is 0 Å². The van der Waals surface area contributed by atoms with Crippen molar-refractivity contribution in [1.29, 1.82) is 0 Å². The van der Waals surface area contributed by atoms with Crippen LogP contribution in [0.2, 0.25) is 0 Å². The molecular formula is C15H12N6. The van der Waals surface area contributed by atoms with Crippen LogP contribution in [0.4, 0.5) is 0 Å². The summed E-state index contributed by atoms with van der Waals surface area (Å²) in [6.45, 7) is 0. The summed E-state index contributed by atoms with van der Waals surface area (Å²) >= 11 is 0. The lowest BCUT2D eigenvalue weighted by Gasteiger charge is -2.04. The van der Waals surface area contributed by atoms with Crippen molar-refractivity contribution in [3.8, 4) is 17.1 Å². The molecule has 0 radical (unpaired) electrons. The van der Waals surface area contributed by atoms with E-state index in [0.29, 0.717) is 0 Å². The average molecular weight is 276 g/mol. The van der Waals surface area contributed by atoms with Crippen molar-refractivity contribution < 1.29 is 0 Å². The summed E-state index contributed by atoms with van der Waals surface area (Å²) in [5, 5.41) is 7.79. The van der Waals surface area contributed by atoms with E-state index in [2.05, 4.69) is 20.3 Å². The number of hydrogen-bond donors (Lipinski definition) is 0. The van der Waals surface area contributed by atoms with Crippen molar-refractivity contribution in [3.63, 3.8) is 0 Å². The van der Waals surface area contributed by atoms with Crippen LogP contribution in [-0.2, 0) is 7.05 Å². The fraction of sp³-hybridized carbons (Fsp3) is 0.0667. The molecule has 0 bridgehead atoms. The van der Waals surface area contributed by atoms with Crippen LogP contribution in [0.1, 0.15) is 0 Å². The molecule has 6 heteroatoms. The standard InChI is InChI=1S/C15H12N6/c1-20-14-10-16-7-6-13(14)18-15(20)11-2-4-12(5-3-11)21-9-8-17-19-21/h2-10H,1H3. The highest BCUT2D eigenvalue weighted by Crippen LogP contribution is 2.23. The number of benzene rings is 1. The van der Waals surface area contributed by atoms with E-state index < -0.39 is 0 Å². The number of pyridine rings is 1. The lowest BCUT2D eigenvalue weighted by molar-refractivity contribution is 0.803. The van der Waals surface area contributed by atoms with E-state index in [4.69, 9.17) is 0 Å². The summed E-state index contributed by atoms with van der Waals surface area (Å²) in [4.78, 5) is 8.81. The van der Waals surface area contributed by atoms with E-state index in [1.165, 1.54) is 0 Å². The Balaban J connectivity index is 1.80. The highest BCUT2D eigenvalue weighted by atomic mass is 15.4. The summed E-state index contributed by atoms with van der Waals surface area (Å²) in [5.74, 6) is 0.920. The molecule has 3 aromatic heterocycles. The normalized spacial score (nSPS) is 11.1. The van der Waals surface area contributed by atoms with Gasteiger partial charge in [-0.15, -0.1) is 5.10 Å². The van der Waals surface area contributed by atoms with Crippen LogP contribution >= 0.6 is 0 Å². The number of aromatic nitrogens is 6. The first-order valence-corrected chi connectivity index (χ1v) is 6.56. The molecule has 21 heavy (non-hydrogen) atoms. The Kier molecular flexibility index (Phi) is 2.53. The highest BCUT2D eigenvalue weighted by molar-refractivity contribution is 5.79. The second-order valence-electron chi connectivity index (χ2n) is 4.75. The molecule has 4 aromatic rings.